The number of hydrogen-bond donors (Lipinski definition) is 3. The van der Waals surface area contributed by atoms with E-state index in [2.05, 4.69) is 9.88 Å². The third kappa shape index (κ3) is 4.39. The first kappa shape index (κ1) is 20.8. The van der Waals surface area contributed by atoms with Gasteiger partial charge in [0.25, 0.3) is 17.9 Å². The fourth-order valence-electron chi connectivity index (χ4n) is 4.83. The van der Waals surface area contributed by atoms with Gasteiger partial charge in [0.2, 0.25) is 0 Å². The van der Waals surface area contributed by atoms with Gasteiger partial charge in [-0.3, -0.25) is 19.3 Å². The van der Waals surface area contributed by atoms with Crippen molar-refractivity contribution >= 4 is 24.0 Å². The standard InChI is InChI=1S/C18H24ClN3O3.CH2O2/c19-13-7-14(17(24)20-8-13)18(25)22-9-11-5-15(21-3-1-2-4-21)16(23)6-12(11)10-22;2-1-3/h7-8,11-12,15-16,23H,1-6,9-10H2,(H,20,24);1H,(H,2,3)/t11-,12+,15-,16-;/m1./s1. The van der Waals surface area contributed by atoms with Crippen molar-refractivity contribution < 1.29 is 19.8 Å². The summed E-state index contributed by atoms with van der Waals surface area (Å²) < 4.78 is 0. The van der Waals surface area contributed by atoms with E-state index in [0.29, 0.717) is 29.9 Å². The number of amides is 1. The van der Waals surface area contributed by atoms with Crippen molar-refractivity contribution in [1.29, 1.82) is 0 Å². The molecule has 0 unspecified atom stereocenters. The summed E-state index contributed by atoms with van der Waals surface area (Å²) in [6.45, 7) is 3.16. The van der Waals surface area contributed by atoms with Gasteiger partial charge in [0.05, 0.1) is 11.1 Å². The Hall–Kier alpha value is -1.90. The van der Waals surface area contributed by atoms with Gasteiger partial charge < -0.3 is 20.1 Å². The van der Waals surface area contributed by atoms with Crippen LogP contribution in [-0.4, -0.2) is 75.7 Å². The number of pyridine rings is 1. The average Bonchev–Trinajstić information content (AvgIpc) is 3.32. The molecule has 2 saturated heterocycles. The maximum absolute atomic E-state index is 12.8. The minimum absolute atomic E-state index is 0.0998. The molecule has 0 bridgehead atoms. The first-order chi connectivity index (χ1) is 13.4. The van der Waals surface area contributed by atoms with Gasteiger partial charge in [0.15, 0.2) is 0 Å². The second-order valence-corrected chi connectivity index (χ2v) is 8.18. The average molecular weight is 412 g/mol. The van der Waals surface area contributed by atoms with Crippen LogP contribution in [0.5, 0.6) is 0 Å². The van der Waals surface area contributed by atoms with Crippen LogP contribution in [0.2, 0.25) is 5.02 Å². The normalized spacial score (nSPS) is 29.7. The van der Waals surface area contributed by atoms with Crippen LogP contribution in [0.1, 0.15) is 36.0 Å². The Morgan fingerprint density at radius 2 is 1.82 bits per heavy atom. The van der Waals surface area contributed by atoms with Crippen LogP contribution in [0.25, 0.3) is 0 Å². The van der Waals surface area contributed by atoms with Gasteiger partial charge in [-0.15, -0.1) is 0 Å². The number of carbonyl (C=O) groups excluding carboxylic acids is 1. The van der Waals surface area contributed by atoms with E-state index >= 15 is 0 Å². The zero-order valence-corrected chi connectivity index (χ0v) is 16.3. The van der Waals surface area contributed by atoms with Crippen molar-refractivity contribution in [2.45, 2.75) is 37.8 Å². The summed E-state index contributed by atoms with van der Waals surface area (Å²) in [6.07, 6.45) is 5.16. The molecule has 28 heavy (non-hydrogen) atoms. The summed E-state index contributed by atoms with van der Waals surface area (Å²) in [4.78, 5) is 39.7. The van der Waals surface area contributed by atoms with E-state index in [1.165, 1.54) is 25.1 Å². The molecule has 0 spiro atoms. The number of nitrogens with zero attached hydrogens (tertiary/aromatic N) is 2. The summed E-state index contributed by atoms with van der Waals surface area (Å²) in [5.74, 6) is 0.456. The summed E-state index contributed by atoms with van der Waals surface area (Å²) in [5, 5.41) is 17.8. The number of hydrogen-bond acceptors (Lipinski definition) is 5. The number of fused-ring (bicyclic) bond motifs is 1. The summed E-state index contributed by atoms with van der Waals surface area (Å²) in [6, 6.07) is 1.65. The predicted molar refractivity (Wildman–Crippen MR) is 103 cm³/mol. The molecule has 1 amide bonds. The van der Waals surface area contributed by atoms with Gasteiger partial charge >= 0.3 is 0 Å². The van der Waals surface area contributed by atoms with Crippen LogP contribution in [-0.2, 0) is 4.79 Å². The van der Waals surface area contributed by atoms with Gasteiger partial charge in [0.1, 0.15) is 5.56 Å². The number of aliphatic hydroxyl groups excluding tert-OH is 1. The van der Waals surface area contributed by atoms with Crippen molar-refractivity contribution in [1.82, 2.24) is 14.8 Å². The molecule has 1 aromatic rings. The summed E-state index contributed by atoms with van der Waals surface area (Å²) in [5.41, 5.74) is -0.304. The summed E-state index contributed by atoms with van der Waals surface area (Å²) in [7, 11) is 0. The lowest BCUT2D eigenvalue weighted by Crippen LogP contribution is -2.48. The van der Waals surface area contributed by atoms with E-state index < -0.39 is 5.56 Å². The first-order valence-corrected chi connectivity index (χ1v) is 9.99. The number of carbonyl (C=O) groups is 2. The molecule has 9 heteroatoms. The number of rotatable bonds is 2. The van der Waals surface area contributed by atoms with Crippen molar-refractivity contribution in [2.24, 2.45) is 11.8 Å². The second-order valence-electron chi connectivity index (χ2n) is 7.75. The first-order valence-electron chi connectivity index (χ1n) is 9.62. The zero-order chi connectivity index (χ0) is 20.3. The Labute approximate surface area is 168 Å². The second kappa shape index (κ2) is 9.07. The number of aliphatic hydroxyl groups is 1. The number of aromatic amines is 1. The van der Waals surface area contributed by atoms with Gasteiger partial charge in [-0.2, -0.15) is 0 Å². The number of nitrogens with one attached hydrogen (secondary N) is 1. The molecule has 4 rings (SSSR count). The molecule has 1 aliphatic carbocycles. The maximum Gasteiger partial charge on any atom is 0.290 e. The van der Waals surface area contributed by atoms with Crippen molar-refractivity contribution in [3.05, 3.63) is 33.2 Å². The lowest BCUT2D eigenvalue weighted by Gasteiger charge is -2.40. The third-order valence-electron chi connectivity index (χ3n) is 6.10. The minimum atomic E-state index is -0.403. The zero-order valence-electron chi connectivity index (χ0n) is 15.6. The van der Waals surface area contributed by atoms with Crippen LogP contribution in [0.15, 0.2) is 17.1 Å². The molecular weight excluding hydrogens is 386 g/mol. The third-order valence-corrected chi connectivity index (χ3v) is 6.32. The van der Waals surface area contributed by atoms with E-state index in [1.807, 2.05) is 0 Å². The highest BCUT2D eigenvalue weighted by Crippen LogP contribution is 2.39. The fraction of sp³-hybridized carbons (Fsp3) is 0.632. The van der Waals surface area contributed by atoms with Crippen LogP contribution >= 0.6 is 11.6 Å². The van der Waals surface area contributed by atoms with E-state index in [9.17, 15) is 14.7 Å². The van der Waals surface area contributed by atoms with Crippen LogP contribution in [0.3, 0.4) is 0 Å². The Balaban J connectivity index is 0.000000706. The number of aromatic nitrogens is 1. The van der Waals surface area contributed by atoms with Gasteiger partial charge in [-0.1, -0.05) is 11.6 Å². The number of halogens is 1. The maximum atomic E-state index is 12.8. The smallest absolute Gasteiger partial charge is 0.290 e. The fourth-order valence-corrected chi connectivity index (χ4v) is 4.99. The lowest BCUT2D eigenvalue weighted by atomic mass is 9.77. The molecule has 3 fully saturated rings. The molecular formula is C19H26ClN3O5. The van der Waals surface area contributed by atoms with Crippen molar-refractivity contribution in [3.8, 4) is 0 Å². The largest absolute Gasteiger partial charge is 0.483 e. The minimum Gasteiger partial charge on any atom is -0.483 e. The molecule has 8 nitrogen and oxygen atoms in total. The molecule has 1 aromatic heterocycles. The molecule has 3 aliphatic rings. The molecule has 2 aliphatic heterocycles. The molecule has 4 atom stereocenters. The number of likely N-dealkylation sites (tertiary alicyclic amines) is 2. The van der Waals surface area contributed by atoms with Crippen LogP contribution in [0.4, 0.5) is 0 Å². The van der Waals surface area contributed by atoms with Crippen LogP contribution < -0.4 is 5.56 Å². The van der Waals surface area contributed by atoms with E-state index in [0.717, 1.165) is 25.9 Å². The molecule has 3 heterocycles. The number of H-pyrrole nitrogens is 1. The Bertz CT molecular complexity index is 764. The summed E-state index contributed by atoms with van der Waals surface area (Å²) >= 11 is 5.92. The van der Waals surface area contributed by atoms with Gasteiger partial charge in [-0.25, -0.2) is 0 Å². The molecule has 1 saturated carbocycles. The quantitative estimate of drug-likeness (QED) is 0.626. The Kier molecular flexibility index (Phi) is 6.74. The Morgan fingerprint density at radius 3 is 2.46 bits per heavy atom. The van der Waals surface area contributed by atoms with E-state index in [-0.39, 0.29) is 30.1 Å². The molecule has 154 valence electrons. The van der Waals surface area contributed by atoms with E-state index in [1.54, 1.807) is 4.90 Å². The van der Waals surface area contributed by atoms with Crippen LogP contribution in [0, 0.1) is 11.8 Å². The SMILES string of the molecule is O=C(c1cc(Cl)c[nH]c1=O)N1C[C@H]2C[C@@H](N3CCCC3)[C@H](O)C[C@H]2C1.O=CO. The van der Waals surface area contributed by atoms with Gasteiger partial charge in [0, 0.05) is 25.3 Å². The highest BCUT2D eigenvalue weighted by atomic mass is 35.5. The Morgan fingerprint density at radius 1 is 1.21 bits per heavy atom. The molecule has 0 radical (unpaired) electrons. The van der Waals surface area contributed by atoms with Gasteiger partial charge in [-0.05, 0) is 56.7 Å². The monoisotopic (exact) mass is 411 g/mol. The molecule has 0 aromatic carbocycles. The molecule has 3 N–H and O–H groups in total. The topological polar surface area (TPSA) is 114 Å². The van der Waals surface area contributed by atoms with Crippen molar-refractivity contribution in [3.63, 3.8) is 0 Å². The lowest BCUT2D eigenvalue weighted by molar-refractivity contribution is -0.122. The highest BCUT2D eigenvalue weighted by Gasteiger charge is 2.45. The van der Waals surface area contributed by atoms with E-state index in [4.69, 9.17) is 21.5 Å². The highest BCUT2D eigenvalue weighted by molar-refractivity contribution is 6.30. The predicted octanol–water partition coefficient (Wildman–Crippen LogP) is 1.04. The number of carboxylic acid groups (broad SMARTS) is 1. The van der Waals surface area contributed by atoms with Crippen molar-refractivity contribution in [2.75, 3.05) is 26.2 Å².